The van der Waals surface area contributed by atoms with Gasteiger partial charge >= 0.3 is 6.03 Å². The molecule has 1 aromatic rings. The molecular formula is C18H29ClN4O. The molecule has 1 fully saturated rings. The average molecular weight is 353 g/mol. The van der Waals surface area contributed by atoms with Gasteiger partial charge < -0.3 is 15.1 Å². The van der Waals surface area contributed by atoms with Crippen LogP contribution in [-0.4, -0.2) is 80.6 Å². The summed E-state index contributed by atoms with van der Waals surface area (Å²) >= 11 is 5.97. The van der Waals surface area contributed by atoms with Crippen molar-refractivity contribution in [1.29, 1.82) is 0 Å². The summed E-state index contributed by atoms with van der Waals surface area (Å²) in [5, 5.41) is 3.75. The number of benzene rings is 1. The van der Waals surface area contributed by atoms with Crippen LogP contribution in [0, 0.1) is 0 Å². The van der Waals surface area contributed by atoms with Gasteiger partial charge in [0.1, 0.15) is 0 Å². The first-order chi connectivity index (χ1) is 11.5. The fourth-order valence-electron chi connectivity index (χ4n) is 2.90. The van der Waals surface area contributed by atoms with Crippen LogP contribution in [0.15, 0.2) is 24.3 Å². The van der Waals surface area contributed by atoms with Gasteiger partial charge in [-0.25, -0.2) is 4.79 Å². The lowest BCUT2D eigenvalue weighted by Gasteiger charge is -2.34. The second kappa shape index (κ2) is 9.87. The molecule has 0 aliphatic carbocycles. The summed E-state index contributed by atoms with van der Waals surface area (Å²) in [4.78, 5) is 18.8. The minimum Gasteiger partial charge on any atom is -0.338 e. The minimum atomic E-state index is 0.0463. The van der Waals surface area contributed by atoms with E-state index in [4.69, 9.17) is 11.6 Å². The zero-order chi connectivity index (χ0) is 17.4. The van der Waals surface area contributed by atoms with Gasteiger partial charge in [-0.15, -0.1) is 0 Å². The highest BCUT2D eigenvalue weighted by atomic mass is 35.5. The van der Waals surface area contributed by atoms with Crippen molar-refractivity contribution in [2.75, 3.05) is 59.9 Å². The third-order valence-corrected chi connectivity index (χ3v) is 4.55. The number of carbonyl (C=O) groups is 1. The summed E-state index contributed by atoms with van der Waals surface area (Å²) in [5.74, 6) is 0. The van der Waals surface area contributed by atoms with Crippen LogP contribution in [0.4, 0.5) is 4.79 Å². The highest BCUT2D eigenvalue weighted by molar-refractivity contribution is 6.30. The molecule has 24 heavy (non-hydrogen) atoms. The predicted molar refractivity (Wildman–Crippen MR) is 99.7 cm³/mol. The molecule has 0 bridgehead atoms. The Kier molecular flexibility index (Phi) is 7.82. The van der Waals surface area contributed by atoms with E-state index in [1.807, 2.05) is 29.2 Å². The molecule has 0 aromatic heterocycles. The summed E-state index contributed by atoms with van der Waals surface area (Å²) in [5.41, 5.74) is 1.15. The molecule has 2 amide bonds. The van der Waals surface area contributed by atoms with Gasteiger partial charge in [-0.3, -0.25) is 4.90 Å². The van der Waals surface area contributed by atoms with Gasteiger partial charge in [-0.2, -0.15) is 0 Å². The maximum atomic E-state index is 12.2. The van der Waals surface area contributed by atoms with Crippen molar-refractivity contribution >= 4 is 17.6 Å². The highest BCUT2D eigenvalue weighted by Gasteiger charge is 2.20. The third kappa shape index (κ3) is 6.67. The Hall–Kier alpha value is -1.30. The SMILES string of the molecule is CN(C)CCCN1CCN(C(=O)NCCc2cccc(Cl)c2)CC1. The zero-order valence-electron chi connectivity index (χ0n) is 14.8. The van der Waals surface area contributed by atoms with Crippen molar-refractivity contribution in [3.05, 3.63) is 34.9 Å². The van der Waals surface area contributed by atoms with E-state index in [9.17, 15) is 4.79 Å². The molecule has 0 spiro atoms. The van der Waals surface area contributed by atoms with Crippen LogP contribution < -0.4 is 5.32 Å². The summed E-state index contributed by atoms with van der Waals surface area (Å²) in [6, 6.07) is 7.83. The van der Waals surface area contributed by atoms with E-state index in [1.54, 1.807) is 0 Å². The number of urea groups is 1. The number of nitrogens with zero attached hydrogens (tertiary/aromatic N) is 3. The van der Waals surface area contributed by atoms with E-state index >= 15 is 0 Å². The Morgan fingerprint density at radius 2 is 2.00 bits per heavy atom. The van der Waals surface area contributed by atoms with Crippen molar-refractivity contribution in [2.24, 2.45) is 0 Å². The molecule has 1 heterocycles. The van der Waals surface area contributed by atoms with Gasteiger partial charge in [0.2, 0.25) is 0 Å². The van der Waals surface area contributed by atoms with Crippen LogP contribution in [0.2, 0.25) is 5.02 Å². The van der Waals surface area contributed by atoms with E-state index < -0.39 is 0 Å². The molecular weight excluding hydrogens is 324 g/mol. The largest absolute Gasteiger partial charge is 0.338 e. The second-order valence-corrected chi connectivity index (χ2v) is 7.03. The van der Waals surface area contributed by atoms with E-state index in [2.05, 4.69) is 29.2 Å². The molecule has 2 rings (SSSR count). The van der Waals surface area contributed by atoms with Gasteiger partial charge in [0.15, 0.2) is 0 Å². The van der Waals surface area contributed by atoms with Gasteiger partial charge in [-0.05, 0) is 57.7 Å². The highest BCUT2D eigenvalue weighted by Crippen LogP contribution is 2.10. The molecule has 1 aliphatic rings. The Morgan fingerprint density at radius 1 is 1.25 bits per heavy atom. The number of halogens is 1. The molecule has 1 saturated heterocycles. The molecule has 1 aliphatic heterocycles. The zero-order valence-corrected chi connectivity index (χ0v) is 15.6. The molecule has 0 saturated carbocycles. The molecule has 6 heteroatoms. The number of hydrogen-bond acceptors (Lipinski definition) is 3. The summed E-state index contributed by atoms with van der Waals surface area (Å²) < 4.78 is 0. The van der Waals surface area contributed by atoms with Crippen LogP contribution in [0.25, 0.3) is 0 Å². The number of rotatable bonds is 7. The third-order valence-electron chi connectivity index (χ3n) is 4.32. The average Bonchev–Trinajstić information content (AvgIpc) is 2.55. The fraction of sp³-hybridized carbons (Fsp3) is 0.611. The lowest BCUT2D eigenvalue weighted by atomic mass is 10.1. The number of nitrogens with one attached hydrogen (secondary N) is 1. The first-order valence-electron chi connectivity index (χ1n) is 8.69. The lowest BCUT2D eigenvalue weighted by molar-refractivity contribution is 0.136. The minimum absolute atomic E-state index is 0.0463. The van der Waals surface area contributed by atoms with Gasteiger partial charge in [0.25, 0.3) is 0 Å². The van der Waals surface area contributed by atoms with Crippen LogP contribution in [0.5, 0.6) is 0 Å². The van der Waals surface area contributed by atoms with Crippen LogP contribution in [0.3, 0.4) is 0 Å². The van der Waals surface area contributed by atoms with Crippen molar-refractivity contribution < 1.29 is 4.79 Å². The lowest BCUT2D eigenvalue weighted by Crippen LogP contribution is -2.52. The van der Waals surface area contributed by atoms with E-state index in [0.717, 1.165) is 56.3 Å². The topological polar surface area (TPSA) is 38.8 Å². The van der Waals surface area contributed by atoms with Gasteiger partial charge in [0, 0.05) is 37.7 Å². The Balaban J connectivity index is 1.62. The predicted octanol–water partition coefficient (Wildman–Crippen LogP) is 2.16. The van der Waals surface area contributed by atoms with Gasteiger partial charge in [-0.1, -0.05) is 23.7 Å². The summed E-state index contributed by atoms with van der Waals surface area (Å²) in [7, 11) is 4.21. The quantitative estimate of drug-likeness (QED) is 0.817. The fourth-order valence-corrected chi connectivity index (χ4v) is 3.12. The normalized spacial score (nSPS) is 15.8. The first-order valence-corrected chi connectivity index (χ1v) is 9.06. The van der Waals surface area contributed by atoms with E-state index in [0.29, 0.717) is 6.54 Å². The number of amides is 2. The maximum Gasteiger partial charge on any atom is 0.317 e. The maximum absolute atomic E-state index is 12.2. The van der Waals surface area contributed by atoms with Crippen molar-refractivity contribution in [3.8, 4) is 0 Å². The molecule has 5 nitrogen and oxygen atoms in total. The molecule has 0 unspecified atom stereocenters. The summed E-state index contributed by atoms with van der Waals surface area (Å²) in [6.45, 7) is 6.43. The van der Waals surface area contributed by atoms with E-state index in [-0.39, 0.29) is 6.03 Å². The van der Waals surface area contributed by atoms with E-state index in [1.165, 1.54) is 6.42 Å². The molecule has 134 valence electrons. The van der Waals surface area contributed by atoms with Crippen molar-refractivity contribution in [1.82, 2.24) is 20.0 Å². The van der Waals surface area contributed by atoms with Gasteiger partial charge in [0.05, 0.1) is 0 Å². The number of carbonyl (C=O) groups excluding carboxylic acids is 1. The molecule has 0 radical (unpaired) electrons. The van der Waals surface area contributed by atoms with Crippen molar-refractivity contribution in [2.45, 2.75) is 12.8 Å². The second-order valence-electron chi connectivity index (χ2n) is 6.60. The van der Waals surface area contributed by atoms with Crippen molar-refractivity contribution in [3.63, 3.8) is 0 Å². The Labute approximate surface area is 150 Å². The number of piperazine rings is 1. The molecule has 1 aromatic carbocycles. The van der Waals surface area contributed by atoms with Crippen LogP contribution >= 0.6 is 11.6 Å². The smallest absolute Gasteiger partial charge is 0.317 e. The van der Waals surface area contributed by atoms with Crippen LogP contribution in [-0.2, 0) is 6.42 Å². The first kappa shape index (κ1) is 19.0. The standard InChI is InChI=1S/C18H29ClN4O/c1-21(2)9-4-10-22-11-13-23(14-12-22)18(24)20-8-7-16-5-3-6-17(19)15-16/h3,5-6,15H,4,7-14H2,1-2H3,(H,20,24). The Morgan fingerprint density at radius 3 is 2.67 bits per heavy atom. The van der Waals surface area contributed by atoms with Crippen LogP contribution in [0.1, 0.15) is 12.0 Å². The monoisotopic (exact) mass is 352 g/mol. The Bertz CT molecular complexity index is 515. The number of hydrogen-bond donors (Lipinski definition) is 1. The molecule has 0 atom stereocenters. The molecule has 1 N–H and O–H groups in total. The summed E-state index contributed by atoms with van der Waals surface area (Å²) in [6.07, 6.45) is 1.98.